The van der Waals surface area contributed by atoms with Crippen LogP contribution in [0.2, 0.25) is 0 Å². The van der Waals surface area contributed by atoms with Crippen LogP contribution in [-0.4, -0.2) is 59.2 Å². The number of alkyl halides is 3. The van der Waals surface area contributed by atoms with Gasteiger partial charge in [-0.15, -0.1) is 0 Å². The number of urea groups is 1. The molecule has 1 aromatic heterocycles. The average molecular weight is 400 g/mol. The number of esters is 1. The van der Waals surface area contributed by atoms with Crippen LogP contribution < -0.4 is 0 Å². The zero-order valence-electron chi connectivity index (χ0n) is 15.5. The Bertz CT molecular complexity index is 821. The SMILES string of the molecule is CCOC(=O)CN(C)C(=O)N(C)Cc1ccc(-c2noc(C(F)(F)F)n2)cc1. The molecule has 0 aliphatic heterocycles. The molecule has 0 spiro atoms. The standard InChI is InChI=1S/C17H19F3N4O4/c1-4-27-13(25)10-24(3)16(26)23(2)9-11-5-7-12(8-6-11)14-21-15(28-22-14)17(18,19)20/h5-8H,4,9-10H2,1-3H3. The highest BCUT2D eigenvalue weighted by molar-refractivity contribution is 5.80. The minimum atomic E-state index is -4.70. The van der Waals surface area contributed by atoms with Crippen LogP contribution in [0.4, 0.5) is 18.0 Å². The number of ether oxygens (including phenoxy) is 1. The van der Waals surface area contributed by atoms with Crippen molar-refractivity contribution in [3.8, 4) is 11.4 Å². The Labute approximate surface area is 158 Å². The van der Waals surface area contributed by atoms with E-state index < -0.39 is 18.0 Å². The third kappa shape index (κ3) is 5.44. The number of hydrogen-bond acceptors (Lipinski definition) is 6. The van der Waals surface area contributed by atoms with Crippen LogP contribution in [0.15, 0.2) is 28.8 Å². The molecule has 8 nitrogen and oxygen atoms in total. The van der Waals surface area contributed by atoms with Crippen LogP contribution >= 0.6 is 0 Å². The van der Waals surface area contributed by atoms with Gasteiger partial charge in [0.05, 0.1) is 6.61 Å². The van der Waals surface area contributed by atoms with Crippen LogP contribution in [-0.2, 0) is 22.3 Å². The quantitative estimate of drug-likeness (QED) is 0.693. The minimum absolute atomic E-state index is 0.171. The van der Waals surface area contributed by atoms with Crippen molar-refractivity contribution in [3.05, 3.63) is 35.7 Å². The largest absolute Gasteiger partial charge is 0.471 e. The fourth-order valence-electron chi connectivity index (χ4n) is 2.32. The first kappa shape index (κ1) is 21.2. The van der Waals surface area contributed by atoms with Gasteiger partial charge in [0.15, 0.2) is 0 Å². The number of nitrogens with zero attached hydrogens (tertiary/aromatic N) is 4. The van der Waals surface area contributed by atoms with Gasteiger partial charge in [-0.3, -0.25) is 4.79 Å². The molecule has 0 aliphatic rings. The average Bonchev–Trinajstić information content (AvgIpc) is 3.12. The van der Waals surface area contributed by atoms with Crippen LogP contribution in [0.1, 0.15) is 18.4 Å². The van der Waals surface area contributed by atoms with E-state index >= 15 is 0 Å². The number of aromatic nitrogens is 2. The molecule has 1 aromatic carbocycles. The van der Waals surface area contributed by atoms with Crippen molar-refractivity contribution in [2.75, 3.05) is 27.2 Å². The summed E-state index contributed by atoms with van der Waals surface area (Å²) in [7, 11) is 3.04. The Morgan fingerprint density at radius 3 is 2.32 bits per heavy atom. The molecule has 0 saturated heterocycles. The van der Waals surface area contributed by atoms with Crippen molar-refractivity contribution in [2.45, 2.75) is 19.6 Å². The van der Waals surface area contributed by atoms with Gasteiger partial charge in [-0.25, -0.2) is 4.79 Å². The predicted molar refractivity (Wildman–Crippen MR) is 90.9 cm³/mol. The molecule has 0 unspecified atom stereocenters. The second-order valence-electron chi connectivity index (χ2n) is 5.92. The Balaban J connectivity index is 1.99. The molecule has 0 saturated carbocycles. The van der Waals surface area contributed by atoms with E-state index in [4.69, 9.17) is 4.74 Å². The summed E-state index contributed by atoms with van der Waals surface area (Å²) in [5.74, 6) is -2.10. The number of hydrogen-bond donors (Lipinski definition) is 0. The van der Waals surface area contributed by atoms with E-state index in [1.165, 1.54) is 29.0 Å². The molecular formula is C17H19F3N4O4. The lowest BCUT2D eigenvalue weighted by Gasteiger charge is -2.24. The summed E-state index contributed by atoms with van der Waals surface area (Å²) in [4.78, 5) is 29.7. The Morgan fingerprint density at radius 2 is 1.79 bits per heavy atom. The highest BCUT2D eigenvalue weighted by Gasteiger charge is 2.38. The van der Waals surface area contributed by atoms with E-state index in [-0.39, 0.29) is 31.6 Å². The molecule has 28 heavy (non-hydrogen) atoms. The van der Waals surface area contributed by atoms with Crippen LogP contribution in [0.3, 0.4) is 0 Å². The third-order valence-electron chi connectivity index (χ3n) is 3.63. The first-order valence-electron chi connectivity index (χ1n) is 8.24. The van der Waals surface area contributed by atoms with Crippen molar-refractivity contribution < 1.29 is 32.0 Å². The molecule has 0 N–H and O–H groups in total. The summed E-state index contributed by atoms with van der Waals surface area (Å²) in [6.07, 6.45) is -4.70. The maximum atomic E-state index is 12.5. The summed E-state index contributed by atoms with van der Waals surface area (Å²) in [5.41, 5.74) is 1.07. The van der Waals surface area contributed by atoms with E-state index in [0.29, 0.717) is 5.56 Å². The number of carbonyl (C=O) groups excluding carboxylic acids is 2. The molecule has 0 radical (unpaired) electrons. The van der Waals surface area contributed by atoms with Gasteiger partial charge in [0.2, 0.25) is 5.82 Å². The Hall–Kier alpha value is -3.11. The van der Waals surface area contributed by atoms with E-state index in [2.05, 4.69) is 14.7 Å². The molecule has 2 amide bonds. The summed E-state index contributed by atoms with van der Waals surface area (Å²) < 4.78 is 46.6. The highest BCUT2D eigenvalue weighted by Crippen LogP contribution is 2.29. The molecule has 0 bridgehead atoms. The molecule has 2 rings (SSSR count). The number of halogens is 3. The fraction of sp³-hybridized carbons (Fsp3) is 0.412. The maximum Gasteiger partial charge on any atom is 0.471 e. The number of benzene rings is 1. The van der Waals surface area contributed by atoms with Crippen molar-refractivity contribution in [1.82, 2.24) is 19.9 Å². The number of carbonyl (C=O) groups is 2. The van der Waals surface area contributed by atoms with Gasteiger partial charge in [0, 0.05) is 26.2 Å². The van der Waals surface area contributed by atoms with Gasteiger partial charge in [0.1, 0.15) is 6.54 Å². The van der Waals surface area contributed by atoms with Gasteiger partial charge in [0.25, 0.3) is 0 Å². The van der Waals surface area contributed by atoms with E-state index in [1.807, 2.05) is 0 Å². The molecule has 0 fully saturated rings. The van der Waals surface area contributed by atoms with Crippen molar-refractivity contribution in [1.29, 1.82) is 0 Å². The minimum Gasteiger partial charge on any atom is -0.465 e. The normalized spacial score (nSPS) is 11.2. The summed E-state index contributed by atoms with van der Waals surface area (Å²) in [6, 6.07) is 5.94. The van der Waals surface area contributed by atoms with Gasteiger partial charge in [-0.1, -0.05) is 29.4 Å². The fourth-order valence-corrected chi connectivity index (χ4v) is 2.32. The van der Waals surface area contributed by atoms with Gasteiger partial charge >= 0.3 is 24.1 Å². The van der Waals surface area contributed by atoms with E-state index in [9.17, 15) is 22.8 Å². The van der Waals surface area contributed by atoms with Gasteiger partial charge in [-0.05, 0) is 12.5 Å². The summed E-state index contributed by atoms with van der Waals surface area (Å²) in [5, 5.41) is 3.32. The van der Waals surface area contributed by atoms with Gasteiger partial charge < -0.3 is 19.1 Å². The number of likely N-dealkylation sites (N-methyl/N-ethyl adjacent to an activating group) is 1. The maximum absolute atomic E-state index is 12.5. The second kappa shape index (κ2) is 8.72. The smallest absolute Gasteiger partial charge is 0.465 e. The Kier molecular flexibility index (Phi) is 6.60. The summed E-state index contributed by atoms with van der Waals surface area (Å²) in [6.45, 7) is 1.96. The molecule has 11 heteroatoms. The zero-order valence-corrected chi connectivity index (χ0v) is 15.5. The number of rotatable bonds is 6. The van der Waals surface area contributed by atoms with Crippen molar-refractivity contribution in [2.24, 2.45) is 0 Å². The van der Waals surface area contributed by atoms with Crippen LogP contribution in [0.25, 0.3) is 11.4 Å². The van der Waals surface area contributed by atoms with E-state index in [0.717, 1.165) is 5.56 Å². The van der Waals surface area contributed by atoms with Gasteiger partial charge in [-0.2, -0.15) is 18.2 Å². The monoisotopic (exact) mass is 400 g/mol. The molecule has 1 heterocycles. The van der Waals surface area contributed by atoms with Crippen LogP contribution in [0.5, 0.6) is 0 Å². The third-order valence-corrected chi connectivity index (χ3v) is 3.63. The topological polar surface area (TPSA) is 88.8 Å². The first-order valence-corrected chi connectivity index (χ1v) is 8.24. The van der Waals surface area contributed by atoms with Crippen molar-refractivity contribution >= 4 is 12.0 Å². The lowest BCUT2D eigenvalue weighted by molar-refractivity contribution is -0.159. The zero-order chi connectivity index (χ0) is 20.9. The molecular weight excluding hydrogens is 381 g/mol. The molecule has 152 valence electrons. The van der Waals surface area contributed by atoms with Crippen LogP contribution in [0, 0.1) is 0 Å². The first-order chi connectivity index (χ1) is 13.1. The number of amides is 2. The lowest BCUT2D eigenvalue weighted by atomic mass is 10.1. The predicted octanol–water partition coefficient (Wildman–Crippen LogP) is 2.80. The molecule has 2 aromatic rings. The highest BCUT2D eigenvalue weighted by atomic mass is 19.4. The second-order valence-corrected chi connectivity index (χ2v) is 5.92. The molecule has 0 atom stereocenters. The summed E-state index contributed by atoms with van der Waals surface area (Å²) >= 11 is 0. The lowest BCUT2D eigenvalue weighted by Crippen LogP contribution is -2.41. The molecule has 0 aliphatic carbocycles. The van der Waals surface area contributed by atoms with Crippen molar-refractivity contribution in [3.63, 3.8) is 0 Å². The van der Waals surface area contributed by atoms with E-state index in [1.54, 1.807) is 26.1 Å². The Morgan fingerprint density at radius 1 is 1.14 bits per heavy atom.